The molecule has 18 heavy (non-hydrogen) atoms. The van der Waals surface area contributed by atoms with Crippen LogP contribution in [0.5, 0.6) is 0 Å². The van der Waals surface area contributed by atoms with Crippen LogP contribution in [-0.4, -0.2) is 10.7 Å². The summed E-state index contributed by atoms with van der Waals surface area (Å²) in [4.78, 5) is 5.70. The average Bonchev–Trinajstić information content (AvgIpc) is 2.90. The highest BCUT2D eigenvalue weighted by molar-refractivity contribution is 7.99. The van der Waals surface area contributed by atoms with E-state index in [-0.39, 0.29) is 0 Å². The van der Waals surface area contributed by atoms with Crippen LogP contribution in [0.1, 0.15) is 25.7 Å². The number of nitrogens with zero attached hydrogens (tertiary/aromatic N) is 1. The van der Waals surface area contributed by atoms with E-state index >= 15 is 0 Å². The quantitative estimate of drug-likeness (QED) is 0.665. The number of nitrogen functional groups attached to an aromatic ring is 1. The number of nitrogens with two attached hydrogens (primary N) is 1. The fourth-order valence-corrected chi connectivity index (χ4v) is 3.91. The first-order valence-electron chi connectivity index (χ1n) is 6.60. The van der Waals surface area contributed by atoms with Crippen molar-refractivity contribution in [3.63, 3.8) is 0 Å². The van der Waals surface area contributed by atoms with Crippen LogP contribution in [0.3, 0.4) is 0 Å². The van der Waals surface area contributed by atoms with E-state index in [1.807, 2.05) is 30.1 Å². The molecule has 3 heteroatoms. The van der Waals surface area contributed by atoms with Crippen molar-refractivity contribution in [1.82, 2.24) is 4.98 Å². The van der Waals surface area contributed by atoms with E-state index in [0.717, 1.165) is 17.1 Å². The summed E-state index contributed by atoms with van der Waals surface area (Å²) >= 11 is 1.96. The van der Waals surface area contributed by atoms with Gasteiger partial charge in [0.2, 0.25) is 0 Å². The molecule has 0 radical (unpaired) electrons. The summed E-state index contributed by atoms with van der Waals surface area (Å²) in [6.07, 6.45) is 7.50. The molecule has 2 N–H and O–H groups in total. The lowest BCUT2D eigenvalue weighted by molar-refractivity contribution is 0.623. The molecule has 1 aromatic heterocycles. The van der Waals surface area contributed by atoms with Gasteiger partial charge in [-0.05, 0) is 30.9 Å². The fourth-order valence-electron chi connectivity index (χ4n) is 2.68. The number of benzene rings is 1. The Balaban J connectivity index is 1.85. The molecule has 94 valence electrons. The zero-order chi connectivity index (χ0) is 12.4. The number of fused-ring (bicyclic) bond motifs is 1. The second-order valence-electron chi connectivity index (χ2n) is 5.01. The molecule has 0 aliphatic heterocycles. The van der Waals surface area contributed by atoms with E-state index in [9.17, 15) is 0 Å². The van der Waals surface area contributed by atoms with Crippen LogP contribution < -0.4 is 5.73 Å². The van der Waals surface area contributed by atoms with Crippen molar-refractivity contribution in [3.8, 4) is 0 Å². The van der Waals surface area contributed by atoms with Gasteiger partial charge >= 0.3 is 0 Å². The van der Waals surface area contributed by atoms with Gasteiger partial charge in [-0.2, -0.15) is 0 Å². The lowest BCUT2D eigenvalue weighted by Gasteiger charge is -2.10. The Morgan fingerprint density at radius 2 is 2.06 bits per heavy atom. The Morgan fingerprint density at radius 1 is 1.22 bits per heavy atom. The fraction of sp³-hybridized carbons (Fsp3) is 0.400. The topological polar surface area (TPSA) is 38.9 Å². The van der Waals surface area contributed by atoms with Crippen LogP contribution >= 0.6 is 11.8 Å². The van der Waals surface area contributed by atoms with E-state index in [4.69, 9.17) is 5.73 Å². The minimum atomic E-state index is 0.774. The zero-order valence-corrected chi connectivity index (χ0v) is 11.2. The maximum absolute atomic E-state index is 5.97. The van der Waals surface area contributed by atoms with E-state index in [1.54, 1.807) is 0 Å². The molecule has 2 nitrogen and oxygen atoms in total. The van der Waals surface area contributed by atoms with Gasteiger partial charge in [0.05, 0.1) is 11.2 Å². The Bertz CT molecular complexity index is 547. The molecule has 1 aromatic carbocycles. The van der Waals surface area contributed by atoms with Crippen LogP contribution in [-0.2, 0) is 0 Å². The monoisotopic (exact) mass is 258 g/mol. The lowest BCUT2D eigenvalue weighted by Crippen LogP contribution is -1.97. The smallest absolute Gasteiger partial charge is 0.0942 e. The van der Waals surface area contributed by atoms with E-state index in [2.05, 4.69) is 17.1 Å². The van der Waals surface area contributed by atoms with Crippen molar-refractivity contribution in [3.05, 3.63) is 30.5 Å². The van der Waals surface area contributed by atoms with Gasteiger partial charge in [-0.1, -0.05) is 25.0 Å². The molecule has 0 spiro atoms. The second kappa shape index (κ2) is 5.19. The standard InChI is InChI=1S/C15H18N2S/c16-13-7-3-6-12-14(8-9-17-15(12)13)18-10-11-4-1-2-5-11/h3,6-9,11H,1-2,4-5,10,16H2. The summed E-state index contributed by atoms with van der Waals surface area (Å²) in [6.45, 7) is 0. The largest absolute Gasteiger partial charge is 0.397 e. The normalized spacial score (nSPS) is 16.4. The van der Waals surface area contributed by atoms with Gasteiger partial charge in [0.15, 0.2) is 0 Å². The number of pyridine rings is 1. The van der Waals surface area contributed by atoms with Gasteiger partial charge in [-0.25, -0.2) is 0 Å². The molecule has 0 unspecified atom stereocenters. The highest BCUT2D eigenvalue weighted by Crippen LogP contribution is 2.34. The SMILES string of the molecule is Nc1cccc2c(SCC3CCCC3)ccnc12. The molecule has 1 aliphatic rings. The van der Waals surface area contributed by atoms with Gasteiger partial charge < -0.3 is 5.73 Å². The van der Waals surface area contributed by atoms with Crippen LogP contribution in [0.25, 0.3) is 10.9 Å². The molecule has 1 fully saturated rings. The third kappa shape index (κ3) is 2.32. The minimum absolute atomic E-state index is 0.774. The van der Waals surface area contributed by atoms with Crippen LogP contribution in [0.15, 0.2) is 35.4 Å². The Kier molecular flexibility index (Phi) is 3.41. The molecular formula is C15H18N2S. The van der Waals surface area contributed by atoms with Crippen LogP contribution in [0, 0.1) is 5.92 Å². The maximum atomic E-state index is 5.97. The molecule has 1 heterocycles. The van der Waals surface area contributed by atoms with Gasteiger partial charge in [0, 0.05) is 22.2 Å². The van der Waals surface area contributed by atoms with Crippen molar-refractivity contribution in [2.45, 2.75) is 30.6 Å². The molecule has 0 saturated heterocycles. The van der Waals surface area contributed by atoms with Crippen LogP contribution in [0.2, 0.25) is 0 Å². The summed E-state index contributed by atoms with van der Waals surface area (Å²) in [5.41, 5.74) is 7.68. The van der Waals surface area contributed by atoms with Gasteiger partial charge in [0.1, 0.15) is 0 Å². The van der Waals surface area contributed by atoms with Gasteiger partial charge in [0.25, 0.3) is 0 Å². The highest BCUT2D eigenvalue weighted by Gasteiger charge is 2.15. The second-order valence-corrected chi connectivity index (χ2v) is 6.08. The Morgan fingerprint density at radius 3 is 2.89 bits per heavy atom. The van der Waals surface area contributed by atoms with Gasteiger partial charge in [-0.15, -0.1) is 11.8 Å². The van der Waals surface area contributed by atoms with Crippen LogP contribution in [0.4, 0.5) is 5.69 Å². The number of thioether (sulfide) groups is 1. The Labute approximate surface area is 112 Å². The zero-order valence-electron chi connectivity index (χ0n) is 10.4. The van der Waals surface area contributed by atoms with Crippen molar-refractivity contribution >= 4 is 28.4 Å². The summed E-state index contributed by atoms with van der Waals surface area (Å²) in [6, 6.07) is 8.16. The summed E-state index contributed by atoms with van der Waals surface area (Å²) in [5.74, 6) is 2.13. The summed E-state index contributed by atoms with van der Waals surface area (Å²) in [5, 5.41) is 1.19. The third-order valence-electron chi connectivity index (χ3n) is 3.71. The first-order valence-corrected chi connectivity index (χ1v) is 7.59. The molecule has 0 bridgehead atoms. The van der Waals surface area contributed by atoms with Crippen molar-refractivity contribution in [2.24, 2.45) is 5.92 Å². The van der Waals surface area contributed by atoms with Crippen molar-refractivity contribution in [2.75, 3.05) is 11.5 Å². The minimum Gasteiger partial charge on any atom is -0.397 e. The van der Waals surface area contributed by atoms with E-state index in [1.165, 1.54) is 41.7 Å². The van der Waals surface area contributed by atoms with Crippen molar-refractivity contribution in [1.29, 1.82) is 0 Å². The number of hydrogen-bond donors (Lipinski definition) is 1. The molecule has 2 aromatic rings. The molecule has 3 rings (SSSR count). The first-order chi connectivity index (χ1) is 8.84. The van der Waals surface area contributed by atoms with E-state index in [0.29, 0.717) is 0 Å². The predicted octanol–water partition coefficient (Wildman–Crippen LogP) is 4.10. The average molecular weight is 258 g/mol. The van der Waals surface area contributed by atoms with E-state index < -0.39 is 0 Å². The number of para-hydroxylation sites is 1. The van der Waals surface area contributed by atoms with Crippen molar-refractivity contribution < 1.29 is 0 Å². The highest BCUT2D eigenvalue weighted by atomic mass is 32.2. The number of hydrogen-bond acceptors (Lipinski definition) is 3. The van der Waals surface area contributed by atoms with Gasteiger partial charge in [-0.3, -0.25) is 4.98 Å². The molecule has 0 amide bonds. The lowest BCUT2D eigenvalue weighted by atomic mass is 10.1. The maximum Gasteiger partial charge on any atom is 0.0942 e. The summed E-state index contributed by atoms with van der Waals surface area (Å²) in [7, 11) is 0. The number of anilines is 1. The first kappa shape index (κ1) is 11.8. The molecule has 1 aliphatic carbocycles. The predicted molar refractivity (Wildman–Crippen MR) is 78.8 cm³/mol. The number of aromatic nitrogens is 1. The third-order valence-corrected chi connectivity index (χ3v) is 5.02. The molecule has 1 saturated carbocycles. The number of rotatable bonds is 3. The molecule has 0 atom stereocenters. The molecular weight excluding hydrogens is 240 g/mol. The summed E-state index contributed by atoms with van der Waals surface area (Å²) < 4.78 is 0. The Hall–Kier alpha value is -1.22.